The van der Waals surface area contributed by atoms with Gasteiger partial charge in [0.1, 0.15) is 18.3 Å². The van der Waals surface area contributed by atoms with Gasteiger partial charge in [-0.05, 0) is 38.1 Å². The maximum atomic E-state index is 12.7. The average molecular weight is 622 g/mol. The number of hydrogen-bond donors (Lipinski definition) is 12. The monoisotopic (exact) mass is 621 g/mol. The van der Waals surface area contributed by atoms with Gasteiger partial charge < -0.3 is 73.3 Å². The van der Waals surface area contributed by atoms with E-state index in [2.05, 4.69) is 10.6 Å². The molecule has 16 N–H and O–H groups in total. The predicted octanol–water partition coefficient (Wildman–Crippen LogP) is -5.19. The zero-order valence-corrected chi connectivity index (χ0v) is 24.3. The van der Waals surface area contributed by atoms with E-state index in [-0.39, 0.29) is 38.4 Å². The van der Waals surface area contributed by atoms with Crippen molar-refractivity contribution in [2.24, 2.45) is 34.8 Å². The Kier molecular flexibility index (Phi) is 12.3. The predicted molar refractivity (Wildman–Crippen MR) is 150 cm³/mol. The van der Waals surface area contributed by atoms with Crippen molar-refractivity contribution in [3.05, 3.63) is 0 Å². The van der Waals surface area contributed by atoms with Gasteiger partial charge in [-0.15, -0.1) is 0 Å². The quantitative estimate of drug-likeness (QED) is 0.0758. The number of rotatable bonds is 11. The lowest BCUT2D eigenvalue weighted by Gasteiger charge is -2.51. The van der Waals surface area contributed by atoms with Gasteiger partial charge in [0.25, 0.3) is 0 Å². The molecule has 2 saturated heterocycles. The van der Waals surface area contributed by atoms with Gasteiger partial charge in [-0.1, -0.05) is 0 Å². The van der Waals surface area contributed by atoms with Crippen molar-refractivity contribution in [1.29, 1.82) is 0 Å². The minimum absolute atomic E-state index is 0.00130. The Morgan fingerprint density at radius 3 is 2.26 bits per heavy atom. The Bertz CT molecular complexity index is 891. The number of carbonyl (C=O) groups is 1. The van der Waals surface area contributed by atoms with E-state index in [0.717, 1.165) is 19.4 Å². The van der Waals surface area contributed by atoms with Crippen LogP contribution in [0.3, 0.4) is 0 Å². The molecule has 2 heterocycles. The Balaban J connectivity index is 1.50. The Hall–Kier alpha value is -1.29. The number of nitrogens with one attached hydrogen (secondary N) is 2. The topological polar surface area (TPSA) is 298 Å². The lowest BCUT2D eigenvalue weighted by Crippen LogP contribution is -2.69. The molecule has 13 atom stereocenters. The van der Waals surface area contributed by atoms with Gasteiger partial charge in [0, 0.05) is 43.6 Å². The molecule has 4 rings (SSSR count). The first kappa shape index (κ1) is 34.6. The van der Waals surface area contributed by atoms with Crippen LogP contribution < -0.4 is 33.6 Å². The summed E-state index contributed by atoms with van der Waals surface area (Å²) >= 11 is 0. The summed E-state index contributed by atoms with van der Waals surface area (Å²) in [6.45, 7) is 0.395. The van der Waals surface area contributed by atoms with Crippen LogP contribution in [-0.2, 0) is 14.2 Å². The molecule has 0 bridgehead atoms. The van der Waals surface area contributed by atoms with Gasteiger partial charge in [0.15, 0.2) is 6.29 Å². The molecule has 43 heavy (non-hydrogen) atoms. The molecule has 2 aliphatic carbocycles. The van der Waals surface area contributed by atoms with Crippen molar-refractivity contribution in [3.8, 4) is 0 Å². The van der Waals surface area contributed by atoms with E-state index < -0.39 is 91.8 Å². The summed E-state index contributed by atoms with van der Waals surface area (Å²) in [4.78, 5) is 12.7. The average Bonchev–Trinajstić information content (AvgIpc) is 2.92. The zero-order chi connectivity index (χ0) is 31.4. The van der Waals surface area contributed by atoms with E-state index in [9.17, 15) is 35.5 Å². The first-order chi connectivity index (χ1) is 20.4. The maximum absolute atomic E-state index is 12.7. The van der Waals surface area contributed by atoms with E-state index in [1.54, 1.807) is 0 Å². The molecule has 0 aromatic heterocycles. The number of hydroxylamine groups is 2. The van der Waals surface area contributed by atoms with Gasteiger partial charge in [-0.2, -0.15) is 0 Å². The van der Waals surface area contributed by atoms with Crippen molar-refractivity contribution < 1.29 is 49.7 Å². The highest BCUT2D eigenvalue weighted by molar-refractivity contribution is 5.73. The highest BCUT2D eigenvalue weighted by Crippen LogP contribution is 2.37. The van der Waals surface area contributed by atoms with Crippen molar-refractivity contribution in [3.63, 3.8) is 0 Å². The molecule has 17 heteroatoms. The van der Waals surface area contributed by atoms with Crippen LogP contribution >= 0.6 is 0 Å². The van der Waals surface area contributed by atoms with Crippen LogP contribution in [0.15, 0.2) is 0 Å². The van der Waals surface area contributed by atoms with E-state index in [1.165, 1.54) is 0 Å². The minimum atomic E-state index is -1.41. The number of aliphatic hydroxyl groups excluding tert-OH is 5. The fourth-order valence-electron chi connectivity index (χ4n) is 6.71. The Labute approximate surface area is 250 Å². The molecular formula is C26H51N7O10. The molecule has 0 spiro atoms. The number of ether oxygens (including phenoxy) is 3. The highest BCUT2D eigenvalue weighted by Gasteiger charge is 2.53. The molecule has 250 valence electrons. The van der Waals surface area contributed by atoms with E-state index in [4.69, 9.17) is 37.1 Å². The van der Waals surface area contributed by atoms with Crippen LogP contribution in [0.25, 0.3) is 0 Å². The number of nitrogens with zero attached hydrogens (tertiary/aromatic N) is 1. The maximum Gasteiger partial charge on any atom is 0.341 e. The van der Waals surface area contributed by atoms with E-state index in [1.807, 2.05) is 0 Å². The third kappa shape index (κ3) is 8.30. The molecule has 0 radical (unpaired) electrons. The number of nitrogens with two attached hydrogens (primary N) is 4. The smallest absolute Gasteiger partial charge is 0.341 e. The number of hydrogen-bond acceptors (Lipinski definition) is 15. The molecule has 0 aromatic rings. The number of aliphatic hydroxyl groups is 5. The van der Waals surface area contributed by atoms with Crippen LogP contribution in [0.1, 0.15) is 32.1 Å². The van der Waals surface area contributed by atoms with Crippen molar-refractivity contribution in [2.75, 3.05) is 32.8 Å². The largest absolute Gasteiger partial charge is 0.394 e. The van der Waals surface area contributed by atoms with Crippen LogP contribution in [-0.4, -0.2) is 154 Å². The fraction of sp³-hybridized carbons (Fsp3) is 0.962. The van der Waals surface area contributed by atoms with Crippen LogP contribution in [0.4, 0.5) is 4.79 Å². The summed E-state index contributed by atoms with van der Waals surface area (Å²) in [7, 11) is 0. The number of urea groups is 1. The molecule has 17 nitrogen and oxygen atoms in total. The third-order valence-electron chi connectivity index (χ3n) is 9.17. The molecule has 2 aliphatic heterocycles. The molecule has 2 saturated carbocycles. The molecule has 2 amide bonds. The lowest BCUT2D eigenvalue weighted by molar-refractivity contribution is -0.302. The van der Waals surface area contributed by atoms with Crippen LogP contribution in [0, 0.1) is 11.8 Å². The van der Waals surface area contributed by atoms with Crippen molar-refractivity contribution >= 4 is 6.03 Å². The summed E-state index contributed by atoms with van der Waals surface area (Å²) in [5, 5.41) is 69.1. The lowest BCUT2D eigenvalue weighted by atomic mass is 9.72. The van der Waals surface area contributed by atoms with Gasteiger partial charge in [0.05, 0.1) is 49.7 Å². The van der Waals surface area contributed by atoms with Gasteiger partial charge in [0.2, 0.25) is 0 Å². The molecule has 13 unspecified atom stereocenters. The number of carbonyl (C=O) groups excluding carboxylic acids is 1. The normalized spacial score (nSPS) is 45.3. The second-order valence-corrected chi connectivity index (χ2v) is 12.5. The zero-order valence-electron chi connectivity index (χ0n) is 24.3. The summed E-state index contributed by atoms with van der Waals surface area (Å²) in [6.07, 6.45) is -7.80. The molecule has 0 aromatic carbocycles. The summed E-state index contributed by atoms with van der Waals surface area (Å²) in [5.41, 5.74) is 24.3. The SMILES string of the molecule is NCCN(O)C(=O)NC1CC(N)C(C2OC(CNCC3CC(N)C3)C(O)CC2N)C(O)C1OC1OC(CO)C(O)CC1O. The van der Waals surface area contributed by atoms with Crippen molar-refractivity contribution in [2.45, 2.75) is 111 Å². The fourth-order valence-corrected chi connectivity index (χ4v) is 6.71. The summed E-state index contributed by atoms with van der Waals surface area (Å²) in [6, 6.07) is -3.08. The first-order valence-corrected chi connectivity index (χ1v) is 15.2. The summed E-state index contributed by atoms with van der Waals surface area (Å²) in [5.74, 6) is -0.349. The van der Waals surface area contributed by atoms with E-state index in [0.29, 0.717) is 17.5 Å². The third-order valence-corrected chi connectivity index (χ3v) is 9.17. The standard InChI is InChI=1S/C26H51N7O10/c27-1-2-33(40)26(39)32-15-5-13(29)21(22(38)24(15)43-25-18(37)7-17(36)20(10-34)42-25)23-14(30)6-16(35)19(41-23)9-31-8-11-3-12(28)4-11/h11-25,31,34-38,40H,1-10,27-30H2,(H,32,39). The summed E-state index contributed by atoms with van der Waals surface area (Å²) < 4.78 is 17.9. The Morgan fingerprint density at radius 1 is 0.907 bits per heavy atom. The first-order valence-electron chi connectivity index (χ1n) is 15.2. The number of amides is 2. The van der Waals surface area contributed by atoms with Gasteiger partial charge >= 0.3 is 6.03 Å². The van der Waals surface area contributed by atoms with E-state index >= 15 is 0 Å². The molecular weight excluding hydrogens is 570 g/mol. The van der Waals surface area contributed by atoms with Crippen LogP contribution in [0.5, 0.6) is 0 Å². The minimum Gasteiger partial charge on any atom is -0.394 e. The van der Waals surface area contributed by atoms with Crippen molar-refractivity contribution in [1.82, 2.24) is 15.7 Å². The van der Waals surface area contributed by atoms with Gasteiger partial charge in [-0.3, -0.25) is 5.21 Å². The second-order valence-electron chi connectivity index (χ2n) is 12.5. The molecule has 4 aliphatic rings. The molecule has 4 fully saturated rings. The van der Waals surface area contributed by atoms with Gasteiger partial charge in [-0.25, -0.2) is 9.86 Å². The highest BCUT2D eigenvalue weighted by atomic mass is 16.7. The Morgan fingerprint density at radius 2 is 1.60 bits per heavy atom. The second kappa shape index (κ2) is 15.3. The van der Waals surface area contributed by atoms with Crippen LogP contribution in [0.2, 0.25) is 0 Å².